The summed E-state index contributed by atoms with van der Waals surface area (Å²) in [6.07, 6.45) is 8.39. The van der Waals surface area contributed by atoms with Crippen LogP contribution < -0.4 is 25.5 Å². The maximum Gasteiger partial charge on any atom is 0.335 e. The average molecular weight is 739 g/mol. The normalized spacial score (nSPS) is 14.9. The fraction of sp³-hybridized carbons (Fsp3) is 0.206. The average Bonchev–Trinajstić information content (AvgIpc) is 3.31. The molecule has 1 N–H and O–H groups in total. The van der Waals surface area contributed by atoms with E-state index >= 15 is 0 Å². The second kappa shape index (κ2) is 14.2. The summed E-state index contributed by atoms with van der Waals surface area (Å²) in [5.74, 6) is 0.697. The first-order valence-corrected chi connectivity index (χ1v) is 17.3. The predicted octanol–water partition coefficient (Wildman–Crippen LogP) is 6.08. The predicted molar refractivity (Wildman–Crippen MR) is 186 cm³/mol. The van der Waals surface area contributed by atoms with Crippen LogP contribution in [0.5, 0.6) is 11.5 Å². The minimum absolute atomic E-state index is 0.147. The van der Waals surface area contributed by atoms with Gasteiger partial charge in [0.2, 0.25) is 5.91 Å². The Bertz CT molecular complexity index is 1870. The quantitative estimate of drug-likeness (QED) is 0.268. The first-order valence-electron chi connectivity index (χ1n) is 14.3. The summed E-state index contributed by atoms with van der Waals surface area (Å²) in [6, 6.07) is 13.3. The van der Waals surface area contributed by atoms with Crippen molar-refractivity contribution in [3.63, 3.8) is 0 Å². The van der Waals surface area contributed by atoms with Crippen LogP contribution in [0.3, 0.4) is 0 Å². The van der Waals surface area contributed by atoms with Gasteiger partial charge in [0.1, 0.15) is 17.3 Å². The minimum atomic E-state index is -0.520. The van der Waals surface area contributed by atoms with Crippen molar-refractivity contribution in [3.8, 4) is 11.5 Å². The van der Waals surface area contributed by atoms with Gasteiger partial charge < -0.3 is 19.7 Å². The number of allylic oxidation sites excluding steroid dienone is 2. The largest absolute Gasteiger partial charge is 0.497 e. The van der Waals surface area contributed by atoms with Crippen LogP contribution in [0.4, 0.5) is 16.2 Å². The molecule has 4 amide bonds. The number of aromatic nitrogens is 1. The van der Waals surface area contributed by atoms with Gasteiger partial charge >= 0.3 is 6.03 Å². The number of urea groups is 1. The Hall–Kier alpha value is -4.29. The van der Waals surface area contributed by atoms with Crippen LogP contribution in [0.15, 0.2) is 77.8 Å². The summed E-state index contributed by atoms with van der Waals surface area (Å²) in [5.41, 5.74) is 2.16. The molecule has 1 aromatic heterocycles. The highest BCUT2D eigenvalue weighted by atomic mass is 127. The van der Waals surface area contributed by atoms with Gasteiger partial charge in [-0.3, -0.25) is 14.6 Å². The Labute approximate surface area is 276 Å². The number of imide groups is 1. The van der Waals surface area contributed by atoms with E-state index in [4.69, 9.17) is 21.1 Å². The number of nitrogens with zero attached hydrogens (tertiary/aromatic N) is 3. The number of rotatable bonds is 9. The van der Waals surface area contributed by atoms with Crippen LogP contribution in [0, 0.1) is 3.57 Å². The zero-order valence-electron chi connectivity index (χ0n) is 25.1. The van der Waals surface area contributed by atoms with Gasteiger partial charge in [0.25, 0.3) is 5.91 Å². The van der Waals surface area contributed by atoms with Gasteiger partial charge in [-0.1, -0.05) is 49.8 Å². The summed E-state index contributed by atoms with van der Waals surface area (Å²) in [7, 11) is 1.64. The van der Waals surface area contributed by atoms with Crippen LogP contribution in [-0.4, -0.2) is 45.9 Å². The molecule has 0 spiro atoms. The number of carbonyl (C=O) groups excluding carboxylic acids is 3. The van der Waals surface area contributed by atoms with Crippen molar-refractivity contribution in [2.75, 3.05) is 23.9 Å². The van der Waals surface area contributed by atoms with Gasteiger partial charge in [-0.25, -0.2) is 9.69 Å². The van der Waals surface area contributed by atoms with Crippen LogP contribution in [0.2, 0.25) is 5.02 Å². The second-order valence-corrected chi connectivity index (χ2v) is 12.5. The summed E-state index contributed by atoms with van der Waals surface area (Å²) >= 11 is 6.24. The van der Waals surface area contributed by atoms with E-state index in [1.807, 2.05) is 24.3 Å². The van der Waals surface area contributed by atoms with Crippen molar-refractivity contribution in [1.82, 2.24) is 9.88 Å². The number of hydrogen-bond acceptors (Lipinski definition) is 6. The first-order chi connectivity index (χ1) is 21.8. The molecule has 5 rings (SSSR count). The van der Waals surface area contributed by atoms with E-state index in [2.05, 4.69) is 21.7 Å². The van der Waals surface area contributed by atoms with E-state index in [1.165, 1.54) is 11.1 Å². The number of pyridine rings is 1. The Balaban J connectivity index is 1.35. The molecule has 0 unspecified atom stereocenters. The molecule has 1 aliphatic carbocycles. The Morgan fingerprint density at radius 1 is 1.11 bits per heavy atom. The maximum atomic E-state index is 13.4. The SMILES string of the molecule is C=Ic1ccc(N2C(=O)CC(C(=O)Nc3ccc(Oc4ccnc5c4=CC(OC)=C(CC)CC=5)c(Cl)c3)=CN(CC)C2=O)cc1. The van der Waals surface area contributed by atoms with E-state index < -0.39 is 17.8 Å². The molecule has 0 saturated carbocycles. The van der Waals surface area contributed by atoms with Crippen molar-refractivity contribution >= 4 is 78.2 Å². The molecule has 9 nitrogen and oxygen atoms in total. The van der Waals surface area contributed by atoms with E-state index in [1.54, 1.807) is 56.6 Å². The molecule has 0 bridgehead atoms. The molecule has 11 heteroatoms. The maximum absolute atomic E-state index is 13.4. The van der Waals surface area contributed by atoms with E-state index in [0.717, 1.165) is 43.2 Å². The fourth-order valence-corrected chi connectivity index (χ4v) is 6.09. The molecule has 0 saturated heterocycles. The Morgan fingerprint density at radius 2 is 1.89 bits per heavy atom. The smallest absolute Gasteiger partial charge is 0.335 e. The third kappa shape index (κ3) is 7.02. The van der Waals surface area contributed by atoms with Gasteiger partial charge in [0.05, 0.1) is 29.6 Å². The molecule has 0 fully saturated rings. The van der Waals surface area contributed by atoms with Crippen LogP contribution >= 0.6 is 32.3 Å². The number of ether oxygens (including phenoxy) is 2. The number of benzene rings is 2. The standard InChI is InChI=1S/C34H32ClIN4O5/c1-5-21-7-13-28-26(19-31(21)44-4)29(15-16-37-28)45-30-14-10-24(18-27(30)35)38-33(42)22-17-32(41)40(34(43)39(6-2)20-22)25-11-8-23(36-3)9-12-25/h8-16,18-20H,3,5-7,17H2,1-2,4H3,(H,38,42). The molecular formula is C34H32ClIN4O5. The molecule has 2 aromatic carbocycles. The van der Waals surface area contributed by atoms with Crippen molar-refractivity contribution in [1.29, 1.82) is 0 Å². The zero-order chi connectivity index (χ0) is 32.1. The number of halogens is 2. The van der Waals surface area contributed by atoms with Crippen molar-refractivity contribution in [3.05, 3.63) is 97.0 Å². The van der Waals surface area contributed by atoms with Gasteiger partial charge in [-0.05, 0) is 79.9 Å². The fourth-order valence-electron chi connectivity index (χ4n) is 5.00. The number of anilines is 2. The lowest BCUT2D eigenvalue weighted by Crippen LogP contribution is -2.42. The van der Waals surface area contributed by atoms with Gasteiger partial charge in [0.15, 0.2) is 0 Å². The Kier molecular flexibility index (Phi) is 10.1. The zero-order valence-corrected chi connectivity index (χ0v) is 28.0. The monoisotopic (exact) mass is 738 g/mol. The van der Waals surface area contributed by atoms with Gasteiger partial charge in [-0.15, -0.1) is 0 Å². The highest BCUT2D eigenvalue weighted by molar-refractivity contribution is 14.2. The lowest BCUT2D eigenvalue weighted by molar-refractivity contribution is -0.119. The summed E-state index contributed by atoms with van der Waals surface area (Å²) in [5, 5.41) is 4.63. The van der Waals surface area contributed by atoms with Crippen molar-refractivity contribution in [2.24, 2.45) is 0 Å². The van der Waals surface area contributed by atoms with Gasteiger partial charge in [-0.2, -0.15) is 0 Å². The molecule has 45 heavy (non-hydrogen) atoms. The molecule has 1 aliphatic heterocycles. The van der Waals surface area contributed by atoms with Crippen LogP contribution in [-0.2, 0) is 14.3 Å². The summed E-state index contributed by atoms with van der Waals surface area (Å²) < 4.78 is 16.9. The lowest BCUT2D eigenvalue weighted by Gasteiger charge is -2.24. The number of methoxy groups -OCH3 is 1. The van der Waals surface area contributed by atoms with Crippen molar-refractivity contribution < 1.29 is 23.9 Å². The van der Waals surface area contributed by atoms with E-state index in [0.29, 0.717) is 22.9 Å². The lowest BCUT2D eigenvalue weighted by atomic mass is 10.1. The first kappa shape index (κ1) is 32.1. The summed E-state index contributed by atoms with van der Waals surface area (Å²) in [6.45, 7) is 4.13. The molecule has 232 valence electrons. The second-order valence-electron chi connectivity index (χ2n) is 10.1. The number of amides is 4. The van der Waals surface area contributed by atoms with E-state index in [-0.39, 0.29) is 44.3 Å². The highest BCUT2D eigenvalue weighted by Crippen LogP contribution is 2.31. The summed E-state index contributed by atoms with van der Waals surface area (Å²) in [4.78, 5) is 46.9. The third-order valence-corrected chi connectivity index (χ3v) is 9.31. The third-order valence-electron chi connectivity index (χ3n) is 7.41. The minimum Gasteiger partial charge on any atom is -0.497 e. The molecule has 2 heterocycles. The van der Waals surface area contributed by atoms with E-state index in [9.17, 15) is 14.4 Å². The Morgan fingerprint density at radius 3 is 2.56 bits per heavy atom. The van der Waals surface area contributed by atoms with Crippen LogP contribution in [0.25, 0.3) is 12.2 Å². The number of hydrogen-bond donors (Lipinski definition) is 1. The molecular weight excluding hydrogens is 707 g/mol. The highest BCUT2D eigenvalue weighted by Gasteiger charge is 2.32. The number of fused-ring (bicyclic) bond motifs is 1. The van der Waals surface area contributed by atoms with Gasteiger partial charge in [0, 0.05) is 39.0 Å². The topological polar surface area (TPSA) is 101 Å². The number of nitrogens with one attached hydrogen (secondary N) is 1. The molecule has 2 aliphatic rings. The van der Waals surface area contributed by atoms with Crippen molar-refractivity contribution in [2.45, 2.75) is 33.1 Å². The van der Waals surface area contributed by atoms with Crippen LogP contribution in [0.1, 0.15) is 33.1 Å². The number of carbonyl (C=O) groups is 3. The molecule has 3 aromatic rings. The molecule has 0 atom stereocenters. The molecule has 0 radical (unpaired) electrons.